The molecule has 0 aliphatic carbocycles. The van der Waals surface area contributed by atoms with Gasteiger partial charge in [-0.3, -0.25) is 9.59 Å². The predicted molar refractivity (Wildman–Crippen MR) is 114 cm³/mol. The number of nitrogens with zero attached hydrogens (tertiary/aromatic N) is 2. The number of ether oxygens (including phenoxy) is 2. The van der Waals surface area contributed by atoms with Crippen LogP contribution in [0, 0.1) is 0 Å². The van der Waals surface area contributed by atoms with Crippen molar-refractivity contribution in [2.24, 2.45) is 5.10 Å². The second-order valence-corrected chi connectivity index (χ2v) is 7.01. The molecule has 0 spiro atoms. The molecule has 0 fully saturated rings. The molecule has 2 aromatic rings. The molecule has 0 N–H and O–H groups in total. The first-order valence-corrected chi connectivity index (χ1v) is 9.57. The van der Waals surface area contributed by atoms with E-state index in [0.29, 0.717) is 50.7 Å². The number of benzene rings is 2. The van der Waals surface area contributed by atoms with E-state index >= 15 is 0 Å². The van der Waals surface area contributed by atoms with Crippen LogP contribution < -0.4 is 14.5 Å². The van der Waals surface area contributed by atoms with Gasteiger partial charge in [0.1, 0.15) is 0 Å². The van der Waals surface area contributed by atoms with Crippen molar-refractivity contribution in [1.82, 2.24) is 0 Å². The number of amides is 1. The molecule has 150 valence electrons. The van der Waals surface area contributed by atoms with Gasteiger partial charge in [-0.2, -0.15) is 10.1 Å². The number of hydrazone groups is 1. The summed E-state index contributed by atoms with van der Waals surface area (Å²) >= 11 is 12.0. The third kappa shape index (κ3) is 4.60. The lowest BCUT2D eigenvalue weighted by Gasteiger charge is -2.12. The lowest BCUT2D eigenvalue weighted by atomic mass is 10.1. The van der Waals surface area contributed by atoms with E-state index in [1.165, 1.54) is 11.9 Å². The number of carbonyl (C=O) groups excluding carboxylic acids is 2. The summed E-state index contributed by atoms with van der Waals surface area (Å²) in [5, 5.41) is 6.35. The normalized spacial score (nSPS) is 14.9. The molecule has 0 unspecified atom stereocenters. The largest absolute Gasteiger partial charge is 0.490 e. The van der Waals surface area contributed by atoms with Crippen LogP contribution in [0.25, 0.3) is 6.08 Å². The van der Waals surface area contributed by atoms with E-state index in [2.05, 4.69) is 5.10 Å². The average Bonchev–Trinajstić information content (AvgIpc) is 2.94. The Morgan fingerprint density at radius 3 is 2.55 bits per heavy atom. The fourth-order valence-electron chi connectivity index (χ4n) is 2.76. The van der Waals surface area contributed by atoms with Gasteiger partial charge in [-0.1, -0.05) is 29.3 Å². The van der Waals surface area contributed by atoms with Crippen molar-refractivity contribution >= 4 is 52.6 Å². The van der Waals surface area contributed by atoms with E-state index < -0.39 is 5.97 Å². The SMILES string of the molecule is CCOc1cc(C=C2C(=O)N(c3ccc(Cl)c(Cl)c3)N=C2C)ccc1OC(C)=O. The number of hydrogen-bond acceptors (Lipinski definition) is 5. The van der Waals surface area contributed by atoms with Gasteiger partial charge >= 0.3 is 5.97 Å². The first-order chi connectivity index (χ1) is 13.8. The highest BCUT2D eigenvalue weighted by atomic mass is 35.5. The van der Waals surface area contributed by atoms with Gasteiger partial charge in [-0.05, 0) is 55.8 Å². The molecule has 1 aliphatic rings. The number of rotatable bonds is 5. The van der Waals surface area contributed by atoms with E-state index in [1.54, 1.807) is 49.4 Å². The monoisotopic (exact) mass is 432 g/mol. The third-order valence-corrected chi connectivity index (χ3v) is 4.78. The minimum absolute atomic E-state index is 0.289. The van der Waals surface area contributed by atoms with Crippen LogP contribution in [-0.4, -0.2) is 24.2 Å². The molecular weight excluding hydrogens is 415 g/mol. The van der Waals surface area contributed by atoms with Gasteiger partial charge in [-0.25, -0.2) is 0 Å². The highest BCUT2D eigenvalue weighted by Crippen LogP contribution is 2.33. The summed E-state index contributed by atoms with van der Waals surface area (Å²) in [6.07, 6.45) is 1.71. The van der Waals surface area contributed by atoms with E-state index in [9.17, 15) is 9.59 Å². The Balaban J connectivity index is 1.93. The van der Waals surface area contributed by atoms with Crippen LogP contribution in [0.3, 0.4) is 0 Å². The first kappa shape index (κ1) is 20.9. The van der Waals surface area contributed by atoms with E-state index in [1.807, 2.05) is 6.92 Å². The van der Waals surface area contributed by atoms with Gasteiger partial charge in [0, 0.05) is 6.92 Å². The van der Waals surface area contributed by atoms with Gasteiger partial charge in [0.15, 0.2) is 11.5 Å². The molecule has 8 heteroatoms. The average molecular weight is 433 g/mol. The van der Waals surface area contributed by atoms with Crippen molar-refractivity contribution < 1.29 is 19.1 Å². The fraction of sp³-hybridized carbons (Fsp3) is 0.190. The maximum atomic E-state index is 12.9. The number of hydrogen-bond donors (Lipinski definition) is 0. The second kappa shape index (κ2) is 8.68. The smallest absolute Gasteiger partial charge is 0.308 e. The van der Waals surface area contributed by atoms with Crippen LogP contribution >= 0.6 is 23.2 Å². The van der Waals surface area contributed by atoms with Crippen LogP contribution in [0.1, 0.15) is 26.3 Å². The van der Waals surface area contributed by atoms with Crippen LogP contribution in [0.4, 0.5) is 5.69 Å². The number of carbonyl (C=O) groups is 2. The van der Waals surface area contributed by atoms with Crippen molar-refractivity contribution in [3.05, 3.63) is 57.6 Å². The number of anilines is 1. The number of esters is 1. The minimum atomic E-state index is -0.441. The Kier molecular flexibility index (Phi) is 6.25. The molecule has 0 saturated carbocycles. The summed E-state index contributed by atoms with van der Waals surface area (Å²) in [5.74, 6) is 0.00619. The molecule has 0 aromatic heterocycles. The van der Waals surface area contributed by atoms with E-state index in [0.717, 1.165) is 0 Å². The summed E-state index contributed by atoms with van der Waals surface area (Å²) in [4.78, 5) is 24.2. The maximum absolute atomic E-state index is 12.9. The maximum Gasteiger partial charge on any atom is 0.308 e. The standard InChI is InChI=1S/C21H18Cl2N2O4/c1-4-28-20-10-14(5-8-19(20)29-13(3)26)9-16-12(2)24-25(21(16)27)15-6-7-17(22)18(23)11-15/h5-11H,4H2,1-3H3. The lowest BCUT2D eigenvalue weighted by molar-refractivity contribution is -0.132. The van der Waals surface area contributed by atoms with Gasteiger partial charge in [0.25, 0.3) is 5.91 Å². The highest BCUT2D eigenvalue weighted by Gasteiger charge is 2.29. The first-order valence-electron chi connectivity index (χ1n) is 8.82. The second-order valence-electron chi connectivity index (χ2n) is 6.19. The lowest BCUT2D eigenvalue weighted by Crippen LogP contribution is -2.21. The Hall–Kier alpha value is -2.83. The summed E-state index contributed by atoms with van der Waals surface area (Å²) in [6.45, 7) is 5.30. The van der Waals surface area contributed by atoms with Crippen molar-refractivity contribution in [3.8, 4) is 11.5 Å². The molecule has 1 heterocycles. The zero-order valence-corrected chi connectivity index (χ0v) is 17.5. The highest BCUT2D eigenvalue weighted by molar-refractivity contribution is 6.42. The summed E-state index contributed by atoms with van der Waals surface area (Å²) in [6, 6.07) is 9.94. The van der Waals surface area contributed by atoms with Crippen LogP contribution in [0.2, 0.25) is 10.0 Å². The van der Waals surface area contributed by atoms with E-state index in [4.69, 9.17) is 32.7 Å². The summed E-state index contributed by atoms with van der Waals surface area (Å²) in [5.41, 5.74) is 2.22. The molecule has 6 nitrogen and oxygen atoms in total. The van der Waals surface area contributed by atoms with Crippen molar-refractivity contribution in [2.45, 2.75) is 20.8 Å². The van der Waals surface area contributed by atoms with Crippen molar-refractivity contribution in [2.75, 3.05) is 11.6 Å². The van der Waals surface area contributed by atoms with Gasteiger partial charge in [0.2, 0.25) is 0 Å². The van der Waals surface area contributed by atoms with Crippen LogP contribution in [0.15, 0.2) is 47.1 Å². The molecular formula is C21H18Cl2N2O4. The Labute approximate surface area is 178 Å². The molecule has 3 rings (SSSR count). The van der Waals surface area contributed by atoms with Crippen molar-refractivity contribution in [3.63, 3.8) is 0 Å². The fourth-order valence-corrected chi connectivity index (χ4v) is 3.06. The Bertz CT molecular complexity index is 1050. The molecule has 0 radical (unpaired) electrons. The summed E-state index contributed by atoms with van der Waals surface area (Å²) < 4.78 is 10.7. The topological polar surface area (TPSA) is 68.2 Å². The van der Waals surface area contributed by atoms with Crippen LogP contribution in [-0.2, 0) is 9.59 Å². The zero-order valence-electron chi connectivity index (χ0n) is 16.0. The van der Waals surface area contributed by atoms with Gasteiger partial charge < -0.3 is 9.47 Å². The van der Waals surface area contributed by atoms with Crippen molar-refractivity contribution in [1.29, 1.82) is 0 Å². The van der Waals surface area contributed by atoms with Gasteiger partial charge in [-0.15, -0.1) is 0 Å². The molecule has 0 saturated heterocycles. The molecule has 1 aliphatic heterocycles. The predicted octanol–water partition coefficient (Wildman–Crippen LogP) is 5.12. The Morgan fingerprint density at radius 1 is 1.14 bits per heavy atom. The molecule has 2 aromatic carbocycles. The molecule has 0 atom stereocenters. The molecule has 1 amide bonds. The van der Waals surface area contributed by atoms with E-state index in [-0.39, 0.29) is 5.91 Å². The minimum Gasteiger partial charge on any atom is -0.490 e. The van der Waals surface area contributed by atoms with Gasteiger partial charge in [0.05, 0.1) is 33.6 Å². The molecule has 29 heavy (non-hydrogen) atoms. The quantitative estimate of drug-likeness (QED) is 0.373. The summed E-state index contributed by atoms with van der Waals surface area (Å²) in [7, 11) is 0. The molecule has 0 bridgehead atoms. The zero-order chi connectivity index (χ0) is 21.1. The third-order valence-electron chi connectivity index (χ3n) is 4.04. The van der Waals surface area contributed by atoms with Crippen LogP contribution in [0.5, 0.6) is 11.5 Å². The number of halogens is 2. The Morgan fingerprint density at radius 2 is 1.90 bits per heavy atom.